The molecule has 1 saturated heterocycles. The summed E-state index contributed by atoms with van der Waals surface area (Å²) < 4.78 is 0. The second-order valence-corrected chi connectivity index (χ2v) is 7.84. The lowest BCUT2D eigenvalue weighted by atomic mass is 9.95. The Bertz CT molecular complexity index is 683. The summed E-state index contributed by atoms with van der Waals surface area (Å²) in [6, 6.07) is 6.90. The molecule has 1 saturated carbocycles. The maximum atomic E-state index is 12.6. The van der Waals surface area contributed by atoms with Gasteiger partial charge in [-0.2, -0.15) is 0 Å². The second-order valence-electron chi connectivity index (χ2n) is 7.40. The molecule has 0 aromatic heterocycles. The summed E-state index contributed by atoms with van der Waals surface area (Å²) in [7, 11) is 0. The molecule has 1 aliphatic heterocycles. The van der Waals surface area contributed by atoms with Crippen molar-refractivity contribution in [1.82, 2.24) is 10.2 Å². The SMILES string of the molecule is O=C(NC1CCCCC1)C(O)N1CCCC1C(=O)/C=C/c1ccc(Cl)cc1. The summed E-state index contributed by atoms with van der Waals surface area (Å²) in [5.41, 5.74) is 0.882. The van der Waals surface area contributed by atoms with Gasteiger partial charge in [0, 0.05) is 17.6 Å². The zero-order valence-electron chi connectivity index (χ0n) is 15.4. The molecule has 2 N–H and O–H groups in total. The normalized spacial score (nSPS) is 22.8. The van der Waals surface area contributed by atoms with Crippen LogP contribution in [0.4, 0.5) is 0 Å². The predicted molar refractivity (Wildman–Crippen MR) is 106 cm³/mol. The molecule has 0 spiro atoms. The van der Waals surface area contributed by atoms with Crippen LogP contribution >= 0.6 is 11.6 Å². The van der Waals surface area contributed by atoms with Gasteiger partial charge in [0.05, 0.1) is 6.04 Å². The number of halogens is 1. The number of hydrogen-bond acceptors (Lipinski definition) is 4. The molecule has 2 aliphatic rings. The molecule has 146 valence electrons. The maximum absolute atomic E-state index is 12.6. The topological polar surface area (TPSA) is 69.6 Å². The molecule has 27 heavy (non-hydrogen) atoms. The van der Waals surface area contributed by atoms with Gasteiger partial charge >= 0.3 is 0 Å². The van der Waals surface area contributed by atoms with Crippen LogP contribution in [0, 0.1) is 0 Å². The van der Waals surface area contributed by atoms with Gasteiger partial charge in [-0.15, -0.1) is 0 Å². The standard InChI is InChI=1S/C21H27ClN2O3/c22-16-11-8-15(9-12-16)10-13-19(25)18-7-4-14-24(18)21(27)20(26)23-17-5-2-1-3-6-17/h8-13,17-18,21,27H,1-7,14H2,(H,23,26)/b13-10+. The molecule has 1 amide bonds. The third-order valence-corrected chi connectivity index (χ3v) is 5.68. The lowest BCUT2D eigenvalue weighted by Crippen LogP contribution is -2.52. The lowest BCUT2D eigenvalue weighted by molar-refractivity contribution is -0.143. The first-order valence-electron chi connectivity index (χ1n) is 9.76. The number of ketones is 1. The second kappa shape index (κ2) is 9.49. The van der Waals surface area contributed by atoms with Gasteiger partial charge in [0.15, 0.2) is 12.0 Å². The minimum Gasteiger partial charge on any atom is -0.370 e. The Hall–Kier alpha value is -1.69. The van der Waals surface area contributed by atoms with Gasteiger partial charge in [0.25, 0.3) is 5.91 Å². The molecule has 1 aromatic rings. The molecule has 1 heterocycles. The zero-order chi connectivity index (χ0) is 19.2. The summed E-state index contributed by atoms with van der Waals surface area (Å²) >= 11 is 5.87. The van der Waals surface area contributed by atoms with Crippen molar-refractivity contribution in [3.63, 3.8) is 0 Å². The van der Waals surface area contributed by atoms with Crippen LogP contribution in [0.5, 0.6) is 0 Å². The Morgan fingerprint density at radius 1 is 1.11 bits per heavy atom. The van der Waals surface area contributed by atoms with E-state index in [1.165, 1.54) is 12.5 Å². The van der Waals surface area contributed by atoms with Gasteiger partial charge in [-0.25, -0.2) is 0 Å². The largest absolute Gasteiger partial charge is 0.370 e. The van der Waals surface area contributed by atoms with Gasteiger partial charge < -0.3 is 10.4 Å². The molecule has 6 heteroatoms. The first-order valence-corrected chi connectivity index (χ1v) is 10.1. The average Bonchev–Trinajstić information content (AvgIpc) is 3.17. The summed E-state index contributed by atoms with van der Waals surface area (Å²) in [4.78, 5) is 26.7. The van der Waals surface area contributed by atoms with Crippen molar-refractivity contribution in [1.29, 1.82) is 0 Å². The molecule has 5 nitrogen and oxygen atoms in total. The van der Waals surface area contributed by atoms with Crippen LogP contribution in [0.2, 0.25) is 5.02 Å². The fourth-order valence-corrected chi connectivity index (χ4v) is 4.05. The number of benzene rings is 1. The van der Waals surface area contributed by atoms with Crippen LogP contribution < -0.4 is 5.32 Å². The summed E-state index contributed by atoms with van der Waals surface area (Å²) in [5.74, 6) is -0.477. The summed E-state index contributed by atoms with van der Waals surface area (Å²) in [5, 5.41) is 14.1. The van der Waals surface area contributed by atoms with E-state index in [0.29, 0.717) is 18.0 Å². The predicted octanol–water partition coefficient (Wildman–Crippen LogP) is 3.15. The molecule has 0 radical (unpaired) electrons. The third kappa shape index (κ3) is 5.41. The van der Waals surface area contributed by atoms with Gasteiger partial charge in [-0.05, 0) is 49.5 Å². The molecule has 1 aliphatic carbocycles. The number of carbonyl (C=O) groups is 2. The molecular weight excluding hydrogens is 364 g/mol. The monoisotopic (exact) mass is 390 g/mol. The Morgan fingerprint density at radius 3 is 2.52 bits per heavy atom. The van der Waals surface area contributed by atoms with Crippen LogP contribution in [0.25, 0.3) is 6.08 Å². The van der Waals surface area contributed by atoms with E-state index in [0.717, 1.165) is 37.7 Å². The van der Waals surface area contributed by atoms with Crippen molar-refractivity contribution in [2.24, 2.45) is 0 Å². The average molecular weight is 391 g/mol. The van der Waals surface area contributed by atoms with E-state index in [2.05, 4.69) is 5.32 Å². The van der Waals surface area contributed by atoms with Crippen molar-refractivity contribution >= 4 is 29.4 Å². The molecule has 3 rings (SSSR count). The Morgan fingerprint density at radius 2 is 1.81 bits per heavy atom. The molecule has 2 fully saturated rings. The Kier molecular flexibility index (Phi) is 7.05. The number of carbonyl (C=O) groups excluding carboxylic acids is 2. The smallest absolute Gasteiger partial charge is 0.264 e. The number of rotatable bonds is 6. The van der Waals surface area contributed by atoms with Gasteiger partial charge in [-0.1, -0.05) is 49.1 Å². The number of aliphatic hydroxyl groups excluding tert-OH is 1. The van der Waals surface area contributed by atoms with Crippen molar-refractivity contribution in [3.8, 4) is 0 Å². The highest BCUT2D eigenvalue weighted by molar-refractivity contribution is 6.30. The first-order chi connectivity index (χ1) is 13.0. The number of amides is 1. The Balaban J connectivity index is 1.58. The third-order valence-electron chi connectivity index (χ3n) is 5.43. The highest BCUT2D eigenvalue weighted by Crippen LogP contribution is 2.22. The lowest BCUT2D eigenvalue weighted by Gasteiger charge is -2.29. The van der Waals surface area contributed by atoms with Gasteiger partial charge in [0.2, 0.25) is 0 Å². The van der Waals surface area contributed by atoms with E-state index >= 15 is 0 Å². The van der Waals surface area contributed by atoms with Gasteiger partial charge in [-0.3, -0.25) is 14.5 Å². The van der Waals surface area contributed by atoms with Crippen LogP contribution in [-0.2, 0) is 9.59 Å². The van der Waals surface area contributed by atoms with E-state index in [4.69, 9.17) is 11.6 Å². The van der Waals surface area contributed by atoms with Crippen molar-refractivity contribution in [2.75, 3.05) is 6.54 Å². The summed E-state index contributed by atoms with van der Waals surface area (Å²) in [6.07, 6.45) is 8.79. The molecule has 2 unspecified atom stereocenters. The highest BCUT2D eigenvalue weighted by Gasteiger charge is 2.37. The van der Waals surface area contributed by atoms with E-state index in [1.54, 1.807) is 23.1 Å². The molecular formula is C21H27ClN2O3. The fraction of sp³-hybridized carbons (Fsp3) is 0.524. The van der Waals surface area contributed by atoms with Crippen LogP contribution in [0.1, 0.15) is 50.5 Å². The fourth-order valence-electron chi connectivity index (χ4n) is 3.92. The van der Waals surface area contributed by atoms with Crippen molar-refractivity contribution in [3.05, 3.63) is 40.9 Å². The summed E-state index contributed by atoms with van der Waals surface area (Å²) in [6.45, 7) is 0.546. The molecule has 2 atom stereocenters. The van der Waals surface area contributed by atoms with Crippen molar-refractivity contribution < 1.29 is 14.7 Å². The minimum atomic E-state index is -1.27. The number of likely N-dealkylation sites (tertiary alicyclic amines) is 1. The zero-order valence-corrected chi connectivity index (χ0v) is 16.2. The number of nitrogens with one attached hydrogen (secondary N) is 1. The van der Waals surface area contributed by atoms with Crippen LogP contribution in [-0.4, -0.2) is 46.6 Å². The van der Waals surface area contributed by atoms with E-state index in [-0.39, 0.29) is 17.7 Å². The van der Waals surface area contributed by atoms with Crippen molar-refractivity contribution in [2.45, 2.75) is 63.3 Å². The van der Waals surface area contributed by atoms with Gasteiger partial charge in [0.1, 0.15) is 0 Å². The number of nitrogens with zero attached hydrogens (tertiary/aromatic N) is 1. The van der Waals surface area contributed by atoms with E-state index in [9.17, 15) is 14.7 Å². The molecule has 1 aromatic carbocycles. The maximum Gasteiger partial charge on any atom is 0.264 e. The van der Waals surface area contributed by atoms with E-state index < -0.39 is 12.3 Å². The first kappa shape index (κ1) is 20.1. The van der Waals surface area contributed by atoms with E-state index in [1.807, 2.05) is 12.1 Å². The van der Waals surface area contributed by atoms with Crippen LogP contribution in [0.3, 0.4) is 0 Å². The number of aliphatic hydroxyl groups is 1. The minimum absolute atomic E-state index is 0.0908. The van der Waals surface area contributed by atoms with Crippen LogP contribution in [0.15, 0.2) is 30.3 Å². The Labute approximate surface area is 165 Å². The number of hydrogen-bond donors (Lipinski definition) is 2. The molecule has 0 bridgehead atoms. The highest BCUT2D eigenvalue weighted by atomic mass is 35.5. The quantitative estimate of drug-likeness (QED) is 0.732.